The van der Waals surface area contributed by atoms with Crippen molar-refractivity contribution >= 4 is 57.4 Å². The summed E-state index contributed by atoms with van der Waals surface area (Å²) in [7, 11) is -3.12. The lowest BCUT2D eigenvalue weighted by atomic mass is 10.1. The minimum absolute atomic E-state index is 0.146. The number of anilines is 1. The standard InChI is InChI=1S/C40H29N4O6P/c45-39(30-18-8-2-9-19-30)42-37(40(46)41-35-27-26-31(43(47)48)28-36(35)44(49)50)38(29-16-6-1-7-17-29)51(32-20-10-3-11-21-32,33-22-12-4-13-23-33)34-24-14-5-15-25-34/h1-28H,(H-,41,42,45,46)/p+1/b38-37-. The Balaban J connectivity index is 1.74. The Kier molecular flexibility index (Phi) is 10.2. The highest BCUT2D eigenvalue weighted by Crippen LogP contribution is 2.67. The Morgan fingerprint density at radius 3 is 1.39 bits per heavy atom. The third-order valence-corrected chi connectivity index (χ3v) is 12.6. The summed E-state index contributed by atoms with van der Waals surface area (Å²) in [5.41, 5.74) is -0.716. The molecule has 0 heterocycles. The first-order chi connectivity index (χ1) is 24.8. The number of nitrogens with one attached hydrogen (secondary N) is 2. The first-order valence-corrected chi connectivity index (χ1v) is 17.6. The van der Waals surface area contributed by atoms with Crippen LogP contribution in [0.3, 0.4) is 0 Å². The molecule has 0 saturated carbocycles. The summed E-state index contributed by atoms with van der Waals surface area (Å²) in [6.07, 6.45) is 0. The minimum Gasteiger partial charge on any atom is -0.315 e. The number of rotatable bonds is 11. The summed E-state index contributed by atoms with van der Waals surface area (Å²) in [6.45, 7) is 0. The largest absolute Gasteiger partial charge is 0.315 e. The molecule has 51 heavy (non-hydrogen) atoms. The quantitative estimate of drug-likeness (QED) is 0.0634. The lowest BCUT2D eigenvalue weighted by molar-refractivity contribution is -0.393. The van der Waals surface area contributed by atoms with Crippen molar-refractivity contribution in [3.63, 3.8) is 0 Å². The van der Waals surface area contributed by atoms with E-state index in [4.69, 9.17) is 0 Å². The fraction of sp³-hybridized carbons (Fsp3) is 0. The molecule has 11 heteroatoms. The van der Waals surface area contributed by atoms with Gasteiger partial charge in [0, 0.05) is 17.2 Å². The Morgan fingerprint density at radius 1 is 0.529 bits per heavy atom. The number of nitro benzene ring substituents is 2. The number of benzene rings is 6. The van der Waals surface area contributed by atoms with Gasteiger partial charge in [0.25, 0.3) is 23.2 Å². The van der Waals surface area contributed by atoms with E-state index >= 15 is 0 Å². The molecule has 0 saturated heterocycles. The van der Waals surface area contributed by atoms with Gasteiger partial charge in [0.2, 0.25) is 0 Å². The molecule has 2 amide bonds. The lowest BCUT2D eigenvalue weighted by Crippen LogP contribution is -2.37. The minimum atomic E-state index is -3.12. The molecule has 0 unspecified atom stereocenters. The molecule has 10 nitrogen and oxygen atoms in total. The van der Waals surface area contributed by atoms with Gasteiger partial charge in [-0.2, -0.15) is 0 Å². The van der Waals surface area contributed by atoms with Crippen molar-refractivity contribution in [1.82, 2.24) is 5.32 Å². The van der Waals surface area contributed by atoms with Gasteiger partial charge in [0.1, 0.15) is 34.2 Å². The number of hydrogen-bond donors (Lipinski definition) is 2. The van der Waals surface area contributed by atoms with Gasteiger partial charge in [0.15, 0.2) is 5.70 Å². The highest BCUT2D eigenvalue weighted by atomic mass is 31.2. The van der Waals surface area contributed by atoms with Crippen molar-refractivity contribution in [2.75, 3.05) is 5.32 Å². The van der Waals surface area contributed by atoms with Crippen LogP contribution in [0.2, 0.25) is 0 Å². The topological polar surface area (TPSA) is 144 Å². The fourth-order valence-corrected chi connectivity index (χ4v) is 10.5. The first kappa shape index (κ1) is 34.1. The molecule has 0 aliphatic carbocycles. The summed E-state index contributed by atoms with van der Waals surface area (Å²) in [6, 6.07) is 49.8. The molecule has 0 spiro atoms. The van der Waals surface area contributed by atoms with Gasteiger partial charge in [0.05, 0.1) is 15.9 Å². The van der Waals surface area contributed by atoms with E-state index in [1.165, 1.54) is 0 Å². The van der Waals surface area contributed by atoms with Gasteiger partial charge >= 0.3 is 0 Å². The molecule has 250 valence electrons. The first-order valence-electron chi connectivity index (χ1n) is 15.8. The second-order valence-corrected chi connectivity index (χ2v) is 14.6. The van der Waals surface area contributed by atoms with E-state index in [-0.39, 0.29) is 16.9 Å². The van der Waals surface area contributed by atoms with Gasteiger partial charge in [-0.05, 0) is 54.6 Å². The predicted molar refractivity (Wildman–Crippen MR) is 201 cm³/mol. The highest BCUT2D eigenvalue weighted by Gasteiger charge is 2.53. The molecule has 0 aliphatic heterocycles. The molecule has 6 aromatic carbocycles. The van der Waals surface area contributed by atoms with Gasteiger partial charge in [-0.25, -0.2) is 0 Å². The van der Waals surface area contributed by atoms with E-state index in [2.05, 4.69) is 10.6 Å². The summed E-state index contributed by atoms with van der Waals surface area (Å²) in [5, 5.41) is 32.3. The molecular weight excluding hydrogens is 663 g/mol. The maximum absolute atomic E-state index is 14.9. The van der Waals surface area contributed by atoms with Crippen LogP contribution >= 0.6 is 7.26 Å². The highest BCUT2D eigenvalue weighted by molar-refractivity contribution is 8.03. The van der Waals surface area contributed by atoms with Crippen LogP contribution in [0.1, 0.15) is 15.9 Å². The van der Waals surface area contributed by atoms with E-state index in [0.29, 0.717) is 10.9 Å². The zero-order valence-corrected chi connectivity index (χ0v) is 27.9. The van der Waals surface area contributed by atoms with Crippen LogP contribution in [0, 0.1) is 20.2 Å². The van der Waals surface area contributed by atoms with Crippen LogP contribution in [-0.2, 0) is 4.79 Å². The average Bonchev–Trinajstić information content (AvgIpc) is 3.18. The summed E-state index contributed by atoms with van der Waals surface area (Å²) in [4.78, 5) is 51.0. The molecule has 6 aromatic rings. The third kappa shape index (κ3) is 7.03. The van der Waals surface area contributed by atoms with E-state index in [1.54, 1.807) is 30.3 Å². The van der Waals surface area contributed by atoms with Gasteiger partial charge in [-0.15, -0.1) is 0 Å². The lowest BCUT2D eigenvalue weighted by Gasteiger charge is -2.31. The summed E-state index contributed by atoms with van der Waals surface area (Å²) >= 11 is 0. The van der Waals surface area contributed by atoms with Gasteiger partial charge < -0.3 is 10.6 Å². The Hall–Kier alpha value is -6.77. The molecule has 0 atom stereocenters. The number of nitrogens with zero attached hydrogens (tertiary/aromatic N) is 2. The molecular formula is C40H30N4O6P+. The van der Waals surface area contributed by atoms with Gasteiger partial charge in [-0.1, -0.05) is 103 Å². The van der Waals surface area contributed by atoms with E-state index in [9.17, 15) is 29.8 Å². The molecule has 2 N–H and O–H groups in total. The summed E-state index contributed by atoms with van der Waals surface area (Å²) in [5.74, 6) is -1.44. The molecule has 6 rings (SSSR count). The second kappa shape index (κ2) is 15.2. The molecule has 0 radical (unpaired) electrons. The number of hydrogen-bond acceptors (Lipinski definition) is 6. The summed E-state index contributed by atoms with van der Waals surface area (Å²) < 4.78 is 0. The molecule has 0 fully saturated rings. The number of carbonyl (C=O) groups excluding carboxylic acids is 2. The Bertz CT molecular complexity index is 2140. The van der Waals surface area contributed by atoms with Crippen LogP contribution < -0.4 is 26.5 Å². The predicted octanol–water partition coefficient (Wildman–Crippen LogP) is 7.23. The molecule has 0 aliphatic rings. The smallest absolute Gasteiger partial charge is 0.299 e. The van der Waals surface area contributed by atoms with Crippen molar-refractivity contribution in [2.45, 2.75) is 0 Å². The monoisotopic (exact) mass is 693 g/mol. The number of amides is 2. The SMILES string of the molecule is O=C(Nc1ccc([N+](=O)[O-])cc1[N+](=O)[O-])/C(NC(=O)c1ccccc1)=C(\c1ccccc1)[P+](c1ccccc1)(c1ccccc1)c1ccccc1. The fourth-order valence-electron chi connectivity index (χ4n) is 5.96. The van der Waals surface area contributed by atoms with Crippen LogP contribution in [0.25, 0.3) is 5.31 Å². The molecule has 0 bridgehead atoms. The normalized spacial score (nSPS) is 11.5. The average molecular weight is 694 g/mol. The molecule has 0 aromatic heterocycles. The number of nitro groups is 2. The van der Waals surface area contributed by atoms with Crippen molar-refractivity contribution < 1.29 is 19.4 Å². The van der Waals surface area contributed by atoms with Crippen LogP contribution in [-0.4, -0.2) is 21.7 Å². The van der Waals surface area contributed by atoms with E-state index in [1.807, 2.05) is 121 Å². The van der Waals surface area contributed by atoms with Crippen molar-refractivity contribution in [1.29, 1.82) is 0 Å². The van der Waals surface area contributed by atoms with E-state index in [0.717, 1.165) is 34.1 Å². The second-order valence-electron chi connectivity index (χ2n) is 11.3. The number of carbonyl (C=O) groups is 2. The number of non-ortho nitro benzene ring substituents is 1. The van der Waals surface area contributed by atoms with E-state index < -0.39 is 40.3 Å². The van der Waals surface area contributed by atoms with Crippen LogP contribution in [0.5, 0.6) is 0 Å². The Morgan fingerprint density at radius 2 is 0.961 bits per heavy atom. The Labute approximate surface area is 293 Å². The van der Waals surface area contributed by atoms with Crippen LogP contribution in [0.15, 0.2) is 176 Å². The van der Waals surface area contributed by atoms with Crippen LogP contribution in [0.4, 0.5) is 17.1 Å². The van der Waals surface area contributed by atoms with Crippen molar-refractivity contribution in [3.05, 3.63) is 207 Å². The zero-order valence-electron chi connectivity index (χ0n) is 27.0. The van der Waals surface area contributed by atoms with Crippen molar-refractivity contribution in [2.24, 2.45) is 0 Å². The maximum Gasteiger partial charge on any atom is 0.299 e. The maximum atomic E-state index is 14.9. The van der Waals surface area contributed by atoms with Gasteiger partial charge in [-0.3, -0.25) is 29.8 Å². The third-order valence-electron chi connectivity index (χ3n) is 8.19. The van der Waals surface area contributed by atoms with Crippen molar-refractivity contribution in [3.8, 4) is 0 Å². The zero-order chi connectivity index (χ0) is 35.8.